The van der Waals surface area contributed by atoms with E-state index < -0.39 is 0 Å². The molecule has 3 nitrogen and oxygen atoms in total. The van der Waals surface area contributed by atoms with E-state index in [0.717, 1.165) is 3.57 Å². The van der Waals surface area contributed by atoms with Crippen LogP contribution in [-0.2, 0) is 11.3 Å². The van der Waals surface area contributed by atoms with Crippen LogP contribution in [0, 0.1) is 9.39 Å². The van der Waals surface area contributed by atoms with Gasteiger partial charge in [0.25, 0.3) is 5.91 Å². The van der Waals surface area contributed by atoms with Crippen molar-refractivity contribution >= 4 is 34.2 Å². The molecule has 102 valence electrons. The summed E-state index contributed by atoms with van der Waals surface area (Å²) in [6.07, 6.45) is 0. The van der Waals surface area contributed by atoms with Crippen LogP contribution in [0.3, 0.4) is 0 Å². The third-order valence-electron chi connectivity index (χ3n) is 3.15. The normalized spacial score (nSPS) is 13.9. The molecule has 2 aromatic carbocycles. The van der Waals surface area contributed by atoms with Gasteiger partial charge in [-0.2, -0.15) is 0 Å². The van der Waals surface area contributed by atoms with Gasteiger partial charge >= 0.3 is 0 Å². The van der Waals surface area contributed by atoms with Crippen LogP contribution in [0.25, 0.3) is 0 Å². The van der Waals surface area contributed by atoms with Gasteiger partial charge in [0.1, 0.15) is 11.6 Å². The number of carbonyl (C=O) groups is 1. The van der Waals surface area contributed by atoms with Crippen molar-refractivity contribution in [3.05, 3.63) is 57.4 Å². The number of ether oxygens (including phenoxy) is 1. The number of halogens is 2. The number of fused-ring (bicyclic) bond motifs is 1. The fraction of sp³-hybridized carbons (Fsp3) is 0.133. The highest BCUT2D eigenvalue weighted by Gasteiger charge is 2.26. The zero-order chi connectivity index (χ0) is 14.1. The van der Waals surface area contributed by atoms with Gasteiger partial charge in [-0.05, 0) is 46.9 Å². The second-order valence-electron chi connectivity index (χ2n) is 4.47. The van der Waals surface area contributed by atoms with Crippen LogP contribution in [0.2, 0.25) is 0 Å². The number of rotatable bonds is 2. The molecule has 0 fully saturated rings. The lowest BCUT2D eigenvalue weighted by Crippen LogP contribution is -2.38. The van der Waals surface area contributed by atoms with Crippen LogP contribution in [-0.4, -0.2) is 12.5 Å². The lowest BCUT2D eigenvalue weighted by Gasteiger charge is -2.29. The van der Waals surface area contributed by atoms with E-state index in [4.69, 9.17) is 4.74 Å². The summed E-state index contributed by atoms with van der Waals surface area (Å²) < 4.78 is 20.2. The Hall–Kier alpha value is -1.63. The van der Waals surface area contributed by atoms with E-state index in [1.807, 2.05) is 18.2 Å². The van der Waals surface area contributed by atoms with E-state index in [-0.39, 0.29) is 24.9 Å². The lowest BCUT2D eigenvalue weighted by molar-refractivity contribution is -0.121. The Bertz CT molecular complexity index is 675. The molecule has 0 saturated carbocycles. The van der Waals surface area contributed by atoms with Gasteiger partial charge < -0.3 is 9.64 Å². The highest BCUT2D eigenvalue weighted by Crippen LogP contribution is 2.34. The van der Waals surface area contributed by atoms with E-state index in [1.54, 1.807) is 23.1 Å². The number of nitrogens with zero attached hydrogens (tertiary/aromatic N) is 1. The van der Waals surface area contributed by atoms with E-state index in [0.29, 0.717) is 17.0 Å². The number of hydrogen-bond acceptors (Lipinski definition) is 2. The minimum atomic E-state index is -0.307. The fourth-order valence-corrected chi connectivity index (χ4v) is 2.62. The van der Waals surface area contributed by atoms with Gasteiger partial charge in [-0.1, -0.05) is 18.2 Å². The topological polar surface area (TPSA) is 29.5 Å². The van der Waals surface area contributed by atoms with Gasteiger partial charge in [0.2, 0.25) is 0 Å². The first-order valence-electron chi connectivity index (χ1n) is 6.11. The standard InChI is InChI=1S/C15H11FINO2/c16-12-4-2-1-3-10(12)8-18-13-7-11(17)5-6-14(13)20-9-15(18)19/h1-7H,8-9H2. The summed E-state index contributed by atoms with van der Waals surface area (Å²) in [6.45, 7) is 0.198. The first kappa shape index (κ1) is 13.4. The highest BCUT2D eigenvalue weighted by molar-refractivity contribution is 14.1. The Balaban J connectivity index is 1.99. The molecule has 0 N–H and O–H groups in total. The van der Waals surface area contributed by atoms with Gasteiger partial charge in [-0.25, -0.2) is 4.39 Å². The fourth-order valence-electron chi connectivity index (χ4n) is 2.15. The molecular formula is C15H11FINO2. The van der Waals surface area contributed by atoms with Crippen molar-refractivity contribution in [2.24, 2.45) is 0 Å². The molecule has 0 aliphatic carbocycles. The summed E-state index contributed by atoms with van der Waals surface area (Å²) >= 11 is 2.17. The van der Waals surface area contributed by atoms with Crippen molar-refractivity contribution < 1.29 is 13.9 Å². The van der Waals surface area contributed by atoms with Crippen molar-refractivity contribution in [3.63, 3.8) is 0 Å². The van der Waals surface area contributed by atoms with Gasteiger partial charge in [0.05, 0.1) is 12.2 Å². The lowest BCUT2D eigenvalue weighted by atomic mass is 10.1. The second-order valence-corrected chi connectivity index (χ2v) is 5.72. The smallest absolute Gasteiger partial charge is 0.265 e. The second kappa shape index (κ2) is 5.40. The van der Waals surface area contributed by atoms with Crippen LogP contribution in [0.1, 0.15) is 5.56 Å². The van der Waals surface area contributed by atoms with Crippen molar-refractivity contribution in [3.8, 4) is 5.75 Å². The predicted octanol–water partition coefficient (Wildman–Crippen LogP) is 3.36. The minimum Gasteiger partial charge on any atom is -0.482 e. The molecule has 0 atom stereocenters. The monoisotopic (exact) mass is 383 g/mol. The highest BCUT2D eigenvalue weighted by atomic mass is 127. The van der Waals surface area contributed by atoms with Crippen molar-refractivity contribution in [2.45, 2.75) is 6.54 Å². The molecule has 20 heavy (non-hydrogen) atoms. The average Bonchev–Trinajstić information content (AvgIpc) is 2.44. The molecule has 1 heterocycles. The summed E-state index contributed by atoms with van der Waals surface area (Å²) in [5, 5.41) is 0. The molecule has 0 saturated heterocycles. The molecule has 1 aliphatic heterocycles. The first-order chi connectivity index (χ1) is 9.65. The minimum absolute atomic E-state index is 0.0119. The Labute approximate surface area is 129 Å². The molecular weight excluding hydrogens is 372 g/mol. The zero-order valence-corrected chi connectivity index (χ0v) is 12.6. The molecule has 5 heteroatoms. The van der Waals surface area contributed by atoms with Crippen LogP contribution in [0.5, 0.6) is 5.75 Å². The third kappa shape index (κ3) is 2.49. The summed E-state index contributed by atoms with van der Waals surface area (Å²) in [6, 6.07) is 12.1. The van der Waals surface area contributed by atoms with E-state index in [9.17, 15) is 9.18 Å². The maximum absolute atomic E-state index is 13.8. The SMILES string of the molecule is O=C1COc2ccc(I)cc2N1Cc1ccccc1F. The van der Waals surface area contributed by atoms with Gasteiger partial charge in [-0.15, -0.1) is 0 Å². The van der Waals surface area contributed by atoms with Gasteiger partial charge in [0.15, 0.2) is 6.61 Å². The Kier molecular flexibility index (Phi) is 3.60. The quantitative estimate of drug-likeness (QED) is 0.745. The summed E-state index contributed by atoms with van der Waals surface area (Å²) in [5.74, 6) is 0.183. The summed E-state index contributed by atoms with van der Waals surface area (Å²) in [7, 11) is 0. The van der Waals surface area contributed by atoms with Crippen molar-refractivity contribution in [2.75, 3.05) is 11.5 Å². The van der Waals surface area contributed by atoms with Crippen molar-refractivity contribution in [1.82, 2.24) is 0 Å². The Morgan fingerprint density at radius 2 is 2.05 bits per heavy atom. The first-order valence-corrected chi connectivity index (χ1v) is 7.19. The zero-order valence-electron chi connectivity index (χ0n) is 10.5. The molecule has 0 bridgehead atoms. The Morgan fingerprint density at radius 3 is 2.85 bits per heavy atom. The molecule has 0 spiro atoms. The number of benzene rings is 2. The molecule has 1 amide bonds. The number of hydrogen-bond donors (Lipinski definition) is 0. The predicted molar refractivity (Wildman–Crippen MR) is 82.2 cm³/mol. The van der Waals surface area contributed by atoms with Gasteiger partial charge in [0, 0.05) is 9.13 Å². The van der Waals surface area contributed by atoms with Crippen molar-refractivity contribution in [1.29, 1.82) is 0 Å². The number of anilines is 1. The van der Waals surface area contributed by atoms with E-state index in [1.165, 1.54) is 6.07 Å². The largest absolute Gasteiger partial charge is 0.482 e. The van der Waals surface area contributed by atoms with Gasteiger partial charge in [-0.3, -0.25) is 4.79 Å². The maximum Gasteiger partial charge on any atom is 0.265 e. The molecule has 0 aromatic heterocycles. The molecule has 0 unspecified atom stereocenters. The molecule has 3 rings (SSSR count). The number of amides is 1. The molecule has 1 aliphatic rings. The maximum atomic E-state index is 13.8. The Morgan fingerprint density at radius 1 is 1.25 bits per heavy atom. The third-order valence-corrected chi connectivity index (χ3v) is 3.82. The van der Waals surface area contributed by atoms with Crippen LogP contribution in [0.4, 0.5) is 10.1 Å². The number of carbonyl (C=O) groups excluding carboxylic acids is 1. The van der Waals surface area contributed by atoms with E-state index in [2.05, 4.69) is 22.6 Å². The average molecular weight is 383 g/mol. The van der Waals surface area contributed by atoms with E-state index >= 15 is 0 Å². The van der Waals surface area contributed by atoms with Crippen LogP contribution < -0.4 is 9.64 Å². The van der Waals surface area contributed by atoms with Crippen LogP contribution in [0.15, 0.2) is 42.5 Å². The summed E-state index contributed by atoms with van der Waals surface area (Å²) in [4.78, 5) is 13.6. The summed E-state index contributed by atoms with van der Waals surface area (Å²) in [5.41, 5.74) is 1.18. The molecule has 0 radical (unpaired) electrons. The molecule has 2 aromatic rings. The van der Waals surface area contributed by atoms with Crippen LogP contribution >= 0.6 is 22.6 Å².